The van der Waals surface area contributed by atoms with E-state index in [2.05, 4.69) is 17.0 Å². The van der Waals surface area contributed by atoms with Crippen LogP contribution in [0.25, 0.3) is 5.52 Å². The second kappa shape index (κ2) is 22.9. The van der Waals surface area contributed by atoms with E-state index in [0.717, 1.165) is 31.7 Å². The van der Waals surface area contributed by atoms with E-state index in [1.54, 1.807) is 18.2 Å². The van der Waals surface area contributed by atoms with Gasteiger partial charge in [-0.1, -0.05) is 96.8 Å². The zero-order valence-corrected chi connectivity index (χ0v) is 33.0. The molecule has 17 heteroatoms. The van der Waals surface area contributed by atoms with Crippen LogP contribution in [-0.2, 0) is 23.1 Å². The van der Waals surface area contributed by atoms with E-state index < -0.39 is 56.9 Å². The molecule has 1 unspecified atom stereocenters. The summed E-state index contributed by atoms with van der Waals surface area (Å²) in [5, 5.41) is 44.9. The minimum absolute atomic E-state index is 0.0373. The summed E-state index contributed by atoms with van der Waals surface area (Å²) in [7, 11) is -4.95. The number of phosphoric acid groups is 1. The molecule has 0 aliphatic carbocycles. The quantitative estimate of drug-likeness (QED) is 0.0457. The molecule has 2 aromatic heterocycles. The van der Waals surface area contributed by atoms with Crippen molar-refractivity contribution in [2.75, 3.05) is 32.2 Å². The van der Waals surface area contributed by atoms with Crippen LogP contribution < -0.4 is 10.5 Å². The number of aliphatic hydroxyl groups excluding tert-OH is 2. The third kappa shape index (κ3) is 13.2. The molecule has 1 saturated heterocycles. The van der Waals surface area contributed by atoms with Crippen LogP contribution in [0.1, 0.15) is 121 Å². The number of benzene rings is 1. The van der Waals surface area contributed by atoms with Gasteiger partial charge in [0.05, 0.1) is 24.5 Å². The second-order valence-corrected chi connectivity index (χ2v) is 15.7. The molecular weight excluding hydrogens is 746 g/mol. The van der Waals surface area contributed by atoms with E-state index >= 15 is 0 Å². The minimum atomic E-state index is -4.95. The second-order valence-electron chi connectivity index (χ2n) is 14.2. The Morgan fingerprint density at radius 3 is 2.21 bits per heavy atom. The number of nitrogen functional groups attached to an aromatic ring is 1. The van der Waals surface area contributed by atoms with Crippen LogP contribution in [0.4, 0.5) is 10.2 Å². The molecule has 0 saturated carbocycles. The Morgan fingerprint density at radius 1 is 0.964 bits per heavy atom. The van der Waals surface area contributed by atoms with Crippen molar-refractivity contribution >= 4 is 19.2 Å². The maximum absolute atomic E-state index is 14.3. The summed E-state index contributed by atoms with van der Waals surface area (Å²) in [6.45, 7) is 1.03. The first-order chi connectivity index (χ1) is 27.0. The van der Waals surface area contributed by atoms with E-state index in [4.69, 9.17) is 34.3 Å². The van der Waals surface area contributed by atoms with Crippen LogP contribution in [0.5, 0.6) is 5.75 Å². The van der Waals surface area contributed by atoms with Gasteiger partial charge in [-0.2, -0.15) is 15.6 Å². The summed E-state index contributed by atoms with van der Waals surface area (Å²) in [6, 6.07) is 10.2. The van der Waals surface area contributed by atoms with Crippen molar-refractivity contribution in [2.45, 2.75) is 133 Å². The third-order valence-electron chi connectivity index (χ3n) is 9.87. The number of anilines is 1. The molecule has 3 aromatic rings. The number of nitriles is 2. The predicted octanol–water partition coefficient (Wildman–Crippen LogP) is 6.85. The zero-order valence-electron chi connectivity index (χ0n) is 32.1. The van der Waals surface area contributed by atoms with Crippen molar-refractivity contribution in [1.82, 2.24) is 14.6 Å². The van der Waals surface area contributed by atoms with Crippen molar-refractivity contribution in [2.24, 2.45) is 0 Å². The summed E-state index contributed by atoms with van der Waals surface area (Å²) in [4.78, 5) is 14.5. The molecule has 308 valence electrons. The first-order valence-electron chi connectivity index (χ1n) is 19.6. The van der Waals surface area contributed by atoms with Gasteiger partial charge in [0.2, 0.25) is 5.60 Å². The molecule has 3 heterocycles. The van der Waals surface area contributed by atoms with Gasteiger partial charge in [0.25, 0.3) is 0 Å². The Labute approximate surface area is 328 Å². The summed E-state index contributed by atoms with van der Waals surface area (Å²) in [5.41, 5.74) is 4.07. The molecule has 1 fully saturated rings. The lowest BCUT2D eigenvalue weighted by Crippen LogP contribution is -2.45. The summed E-state index contributed by atoms with van der Waals surface area (Å²) in [5.74, 6) is -0.620. The Bertz CT molecular complexity index is 1790. The number of rotatable bonds is 27. The van der Waals surface area contributed by atoms with Crippen molar-refractivity contribution < 1.29 is 47.3 Å². The highest BCUT2D eigenvalue weighted by atomic mass is 31.2. The highest BCUT2D eigenvalue weighted by molar-refractivity contribution is 7.47. The van der Waals surface area contributed by atoms with Crippen LogP contribution in [0.3, 0.4) is 0 Å². The van der Waals surface area contributed by atoms with Crippen LogP contribution in [0.15, 0.2) is 36.7 Å². The van der Waals surface area contributed by atoms with Crippen LogP contribution >= 0.6 is 7.82 Å². The normalized spacial score (nSPS) is 21.1. The number of halogens is 1. The number of nitrogens with zero attached hydrogens (tertiary/aromatic N) is 5. The fourth-order valence-electron chi connectivity index (χ4n) is 6.63. The maximum Gasteiger partial charge on any atom is 0.472 e. The van der Waals surface area contributed by atoms with Crippen molar-refractivity contribution in [3.63, 3.8) is 0 Å². The molecule has 4 rings (SSSR count). The topological polar surface area (TPSA) is 228 Å². The first-order valence-corrected chi connectivity index (χ1v) is 21.1. The van der Waals surface area contributed by atoms with Gasteiger partial charge in [-0.05, 0) is 30.7 Å². The lowest BCUT2D eigenvalue weighted by molar-refractivity contribution is -0.0755. The Morgan fingerprint density at radius 2 is 1.61 bits per heavy atom. The molecule has 0 spiro atoms. The van der Waals surface area contributed by atoms with Crippen LogP contribution in [0, 0.1) is 28.5 Å². The predicted molar refractivity (Wildman–Crippen MR) is 205 cm³/mol. The molecule has 0 bridgehead atoms. The summed E-state index contributed by atoms with van der Waals surface area (Å²) < 4.78 is 56.4. The minimum Gasteiger partial charge on any atom is -0.485 e. The van der Waals surface area contributed by atoms with Crippen LogP contribution in [-0.4, -0.2) is 80.0 Å². The molecule has 1 aromatic carbocycles. The Hall–Kier alpha value is -3.70. The molecule has 1 aliphatic rings. The third-order valence-corrected chi connectivity index (χ3v) is 10.8. The van der Waals surface area contributed by atoms with Gasteiger partial charge in [-0.15, -0.1) is 0 Å². The van der Waals surface area contributed by atoms with E-state index in [1.807, 2.05) is 0 Å². The van der Waals surface area contributed by atoms with Crippen molar-refractivity contribution in [1.29, 1.82) is 10.5 Å². The van der Waals surface area contributed by atoms with E-state index in [-0.39, 0.29) is 29.4 Å². The lowest BCUT2D eigenvalue weighted by Gasteiger charge is -2.26. The smallest absolute Gasteiger partial charge is 0.472 e. The van der Waals surface area contributed by atoms with Crippen LogP contribution in [0.2, 0.25) is 0 Å². The SMILES string of the molecule is CCCCCCCCCCCCCCCCCOC[C@H](COP(=O)(O)OC[C@@]1(C#N)O[C@@H](c2ccc3c(N)ncnn23)[C@H](O)[C@@H]1O)Oc1ccc(C#N)c(F)c1. The van der Waals surface area contributed by atoms with E-state index in [9.17, 15) is 29.3 Å². The zero-order chi connectivity index (χ0) is 40.4. The molecule has 0 amide bonds. The van der Waals surface area contributed by atoms with E-state index in [0.29, 0.717) is 12.1 Å². The number of ether oxygens (including phenoxy) is 3. The number of hydrogen-bond donors (Lipinski definition) is 4. The fourth-order valence-corrected chi connectivity index (χ4v) is 7.41. The number of nitrogens with two attached hydrogens (primary N) is 1. The van der Waals surface area contributed by atoms with Gasteiger partial charge in [-0.25, -0.2) is 18.5 Å². The molecular formula is C39H56FN6O9P. The average molecular weight is 803 g/mol. The molecule has 56 heavy (non-hydrogen) atoms. The standard InChI is InChI=1S/C39H56FN6O9P/c1-2-3-4-5-6-7-8-9-10-11-12-13-14-15-16-21-51-24-31(54-30-18-17-29(23-41)32(40)22-30)25-52-56(49,50)53-27-39(26-42)37(48)35(47)36(55-39)33-19-20-34-38(43)44-28-45-46(33)34/h17-20,22,28,31,35-37,47-48H,2-16,21,24-25,27H2,1H3,(H,49,50)(H2,43,44,45)/t31-,35+,36+,37+,39-/m1/s1. The monoisotopic (exact) mass is 802 g/mol. The Kier molecular flexibility index (Phi) is 18.4. The van der Waals surface area contributed by atoms with Crippen molar-refractivity contribution in [3.05, 3.63) is 53.7 Å². The van der Waals surface area contributed by atoms with Gasteiger partial charge < -0.3 is 35.1 Å². The summed E-state index contributed by atoms with van der Waals surface area (Å²) in [6.07, 6.45) is 13.8. The highest BCUT2D eigenvalue weighted by Crippen LogP contribution is 2.47. The van der Waals surface area contributed by atoms with Gasteiger partial charge in [0.15, 0.2) is 5.82 Å². The first kappa shape index (κ1) is 45.0. The fraction of sp³-hybridized carbons (Fsp3) is 0.641. The number of unbranched alkanes of at least 4 members (excludes halogenated alkanes) is 14. The molecule has 1 aliphatic heterocycles. The highest BCUT2D eigenvalue weighted by Gasteiger charge is 2.57. The van der Waals surface area contributed by atoms with Gasteiger partial charge in [0.1, 0.15) is 66.6 Å². The lowest BCUT2D eigenvalue weighted by atomic mass is 9.96. The van der Waals surface area contributed by atoms with Gasteiger partial charge in [0, 0.05) is 12.7 Å². The summed E-state index contributed by atoms with van der Waals surface area (Å²) >= 11 is 0. The van der Waals surface area contributed by atoms with Crippen molar-refractivity contribution in [3.8, 4) is 17.9 Å². The molecule has 5 N–H and O–H groups in total. The van der Waals surface area contributed by atoms with Gasteiger partial charge in [-0.3, -0.25) is 9.05 Å². The molecule has 15 nitrogen and oxygen atoms in total. The maximum atomic E-state index is 14.3. The van der Waals surface area contributed by atoms with Gasteiger partial charge >= 0.3 is 7.82 Å². The molecule has 6 atom stereocenters. The number of fused-ring (bicyclic) bond motifs is 1. The number of aliphatic hydroxyl groups is 2. The number of phosphoric ester groups is 1. The largest absolute Gasteiger partial charge is 0.485 e. The average Bonchev–Trinajstić information content (AvgIpc) is 3.73. The molecule has 0 radical (unpaired) electrons. The Balaban J connectivity index is 1.23. The number of hydrogen-bond acceptors (Lipinski definition) is 13. The van der Waals surface area contributed by atoms with E-state index in [1.165, 1.54) is 99.7 Å². The number of aromatic nitrogens is 3.